The zero-order valence-corrected chi connectivity index (χ0v) is 23.4. The van der Waals surface area contributed by atoms with E-state index in [1.54, 1.807) is 0 Å². The number of hydrogen-bond donors (Lipinski definition) is 0. The minimum atomic E-state index is 1.03. The van der Waals surface area contributed by atoms with E-state index in [4.69, 9.17) is 4.98 Å². The van der Waals surface area contributed by atoms with Gasteiger partial charge in [0.25, 0.3) is 0 Å². The van der Waals surface area contributed by atoms with Gasteiger partial charge in [0.1, 0.15) is 0 Å². The van der Waals surface area contributed by atoms with Crippen molar-refractivity contribution in [3.8, 4) is 61.3 Å². The molecule has 0 radical (unpaired) electrons. The van der Waals surface area contributed by atoms with Gasteiger partial charge in [0, 0.05) is 17.3 Å². The second-order valence-electron chi connectivity index (χ2n) is 11.2. The number of nitrogens with zero attached hydrogens (tertiary/aromatic N) is 2. The van der Waals surface area contributed by atoms with E-state index in [9.17, 15) is 0 Å². The van der Waals surface area contributed by atoms with E-state index in [-0.39, 0.29) is 0 Å². The van der Waals surface area contributed by atoms with Crippen molar-refractivity contribution in [2.75, 3.05) is 0 Å². The van der Waals surface area contributed by atoms with Gasteiger partial charge >= 0.3 is 0 Å². The summed E-state index contributed by atoms with van der Waals surface area (Å²) in [6, 6.07) is 55.0. The SMILES string of the molecule is c1ccc2c(c1)-c1ccccc1-c1ccc(-c3ccc(-n4c5ccccc5c5ncccc54)cc3)cc1-c1ccccc1-2. The van der Waals surface area contributed by atoms with Crippen LogP contribution >= 0.6 is 0 Å². The van der Waals surface area contributed by atoms with Gasteiger partial charge in [-0.25, -0.2) is 0 Å². The molecule has 2 nitrogen and oxygen atoms in total. The van der Waals surface area contributed by atoms with Crippen LogP contribution in [0.4, 0.5) is 0 Å². The molecule has 2 heteroatoms. The van der Waals surface area contributed by atoms with E-state index in [0.717, 1.165) is 16.7 Å². The molecule has 2 aromatic heterocycles. The standard InChI is InChI=1S/C41H26N2/c1-2-11-31-30(10-1)32-12-3-4-14-34(32)36-24-21-28(26-38(36)35-15-6-5-13-33(31)35)27-19-22-29(23-20-27)43-39-17-8-7-16-37(39)41-40(43)18-9-25-42-41/h1-26H. The zero-order chi connectivity index (χ0) is 28.3. The van der Waals surface area contributed by atoms with Crippen molar-refractivity contribution >= 4 is 21.9 Å². The van der Waals surface area contributed by atoms with E-state index in [0.29, 0.717) is 0 Å². The summed E-state index contributed by atoms with van der Waals surface area (Å²) in [6.07, 6.45) is 1.87. The first kappa shape index (κ1) is 23.9. The van der Waals surface area contributed by atoms with Crippen LogP contribution in [0, 0.1) is 0 Å². The monoisotopic (exact) mass is 546 g/mol. The van der Waals surface area contributed by atoms with Crippen LogP contribution in [-0.4, -0.2) is 9.55 Å². The van der Waals surface area contributed by atoms with Crippen LogP contribution in [0.1, 0.15) is 0 Å². The molecule has 0 aliphatic heterocycles. The highest BCUT2D eigenvalue weighted by molar-refractivity contribution is 6.07. The average molecular weight is 547 g/mol. The Balaban J connectivity index is 1.22. The summed E-state index contributed by atoms with van der Waals surface area (Å²) >= 11 is 0. The minimum Gasteiger partial charge on any atom is -0.308 e. The Kier molecular flexibility index (Phi) is 5.23. The first-order valence-corrected chi connectivity index (χ1v) is 14.7. The summed E-state index contributed by atoms with van der Waals surface area (Å²) < 4.78 is 2.31. The molecule has 1 aliphatic rings. The van der Waals surface area contributed by atoms with Gasteiger partial charge in [-0.3, -0.25) is 4.98 Å². The summed E-state index contributed by atoms with van der Waals surface area (Å²) in [5.74, 6) is 0. The highest BCUT2D eigenvalue weighted by atomic mass is 15.0. The zero-order valence-electron chi connectivity index (χ0n) is 23.4. The number of benzene rings is 6. The first-order chi connectivity index (χ1) is 21.3. The molecule has 8 aromatic rings. The highest BCUT2D eigenvalue weighted by Crippen LogP contribution is 2.48. The maximum atomic E-state index is 4.70. The molecule has 1 aliphatic carbocycles. The third-order valence-electron chi connectivity index (χ3n) is 8.85. The Morgan fingerprint density at radius 2 is 0.860 bits per heavy atom. The van der Waals surface area contributed by atoms with E-state index in [2.05, 4.69) is 150 Å². The van der Waals surface area contributed by atoms with Crippen LogP contribution in [0.5, 0.6) is 0 Å². The van der Waals surface area contributed by atoms with E-state index in [1.165, 1.54) is 66.5 Å². The van der Waals surface area contributed by atoms with Crippen LogP contribution in [0.3, 0.4) is 0 Å². The second-order valence-corrected chi connectivity index (χ2v) is 11.2. The summed E-state index contributed by atoms with van der Waals surface area (Å²) in [4.78, 5) is 4.70. The maximum absolute atomic E-state index is 4.70. The molecule has 43 heavy (non-hydrogen) atoms. The predicted molar refractivity (Wildman–Crippen MR) is 179 cm³/mol. The van der Waals surface area contributed by atoms with Crippen LogP contribution in [-0.2, 0) is 0 Å². The molecule has 9 rings (SSSR count). The van der Waals surface area contributed by atoms with Crippen molar-refractivity contribution in [3.63, 3.8) is 0 Å². The quantitative estimate of drug-likeness (QED) is 0.211. The van der Waals surface area contributed by atoms with Crippen LogP contribution in [0.2, 0.25) is 0 Å². The highest BCUT2D eigenvalue weighted by Gasteiger charge is 2.22. The lowest BCUT2D eigenvalue weighted by molar-refractivity contribution is 1.18. The second kappa shape index (κ2) is 9.40. The fourth-order valence-electron chi connectivity index (χ4n) is 6.90. The summed E-state index contributed by atoms with van der Waals surface area (Å²) in [6.45, 7) is 0. The molecular weight excluding hydrogens is 520 g/mol. The molecule has 0 bridgehead atoms. The van der Waals surface area contributed by atoms with Gasteiger partial charge in [-0.1, -0.05) is 115 Å². The molecule has 6 aromatic carbocycles. The molecule has 0 atom stereocenters. The minimum absolute atomic E-state index is 1.03. The van der Waals surface area contributed by atoms with Crippen LogP contribution in [0.15, 0.2) is 158 Å². The predicted octanol–water partition coefficient (Wildman–Crippen LogP) is 10.8. The normalized spacial score (nSPS) is 11.7. The van der Waals surface area contributed by atoms with Crippen molar-refractivity contribution in [2.45, 2.75) is 0 Å². The lowest BCUT2D eigenvalue weighted by atomic mass is 9.80. The average Bonchev–Trinajstić information content (AvgIpc) is 3.42. The topological polar surface area (TPSA) is 17.8 Å². The van der Waals surface area contributed by atoms with Gasteiger partial charge in [0.2, 0.25) is 0 Å². The first-order valence-electron chi connectivity index (χ1n) is 14.7. The molecule has 0 saturated heterocycles. The Morgan fingerprint density at radius 3 is 1.49 bits per heavy atom. The van der Waals surface area contributed by atoms with Crippen LogP contribution < -0.4 is 0 Å². The lowest BCUT2D eigenvalue weighted by Crippen LogP contribution is -1.97. The van der Waals surface area contributed by atoms with E-state index >= 15 is 0 Å². The summed E-state index contributed by atoms with van der Waals surface area (Å²) in [5.41, 5.74) is 17.0. The molecule has 2 heterocycles. The third-order valence-corrected chi connectivity index (χ3v) is 8.85. The number of pyridine rings is 1. The Morgan fingerprint density at radius 1 is 0.372 bits per heavy atom. The fraction of sp³-hybridized carbons (Fsp3) is 0. The van der Waals surface area contributed by atoms with Crippen molar-refractivity contribution in [2.24, 2.45) is 0 Å². The molecular formula is C41H26N2. The molecule has 0 spiro atoms. The van der Waals surface area contributed by atoms with Crippen molar-refractivity contribution in [1.29, 1.82) is 0 Å². The van der Waals surface area contributed by atoms with Gasteiger partial charge in [0.15, 0.2) is 0 Å². The largest absolute Gasteiger partial charge is 0.308 e. The van der Waals surface area contributed by atoms with E-state index < -0.39 is 0 Å². The molecule has 0 saturated carbocycles. The Hall–Kier alpha value is -5.73. The molecule has 200 valence electrons. The fourth-order valence-corrected chi connectivity index (χ4v) is 6.90. The lowest BCUT2D eigenvalue weighted by Gasteiger charge is -2.23. The Bertz CT molecular complexity index is 2280. The summed E-state index contributed by atoms with van der Waals surface area (Å²) in [7, 11) is 0. The number of aromatic nitrogens is 2. The molecule has 0 unspecified atom stereocenters. The number of fused-ring (bicyclic) bond motifs is 11. The van der Waals surface area contributed by atoms with E-state index in [1.807, 2.05) is 12.3 Å². The van der Waals surface area contributed by atoms with Crippen molar-refractivity contribution < 1.29 is 0 Å². The van der Waals surface area contributed by atoms with Crippen molar-refractivity contribution in [1.82, 2.24) is 9.55 Å². The smallest absolute Gasteiger partial charge is 0.0963 e. The number of rotatable bonds is 2. The van der Waals surface area contributed by atoms with Gasteiger partial charge in [-0.15, -0.1) is 0 Å². The molecule has 0 N–H and O–H groups in total. The Labute approximate surface area is 250 Å². The van der Waals surface area contributed by atoms with Crippen molar-refractivity contribution in [3.05, 3.63) is 158 Å². The molecule has 0 amide bonds. The summed E-state index contributed by atoms with van der Waals surface area (Å²) in [5, 5.41) is 1.17. The van der Waals surface area contributed by atoms with Gasteiger partial charge < -0.3 is 4.57 Å². The van der Waals surface area contributed by atoms with Crippen LogP contribution in [0.25, 0.3) is 83.3 Å². The number of para-hydroxylation sites is 1. The molecule has 0 fully saturated rings. The number of hydrogen-bond acceptors (Lipinski definition) is 1. The maximum Gasteiger partial charge on any atom is 0.0963 e. The van der Waals surface area contributed by atoms with Gasteiger partial charge in [-0.05, 0) is 92.0 Å². The van der Waals surface area contributed by atoms with Gasteiger partial charge in [0.05, 0.1) is 16.6 Å². The van der Waals surface area contributed by atoms with Gasteiger partial charge in [-0.2, -0.15) is 0 Å². The third kappa shape index (κ3) is 3.63.